The Morgan fingerprint density at radius 1 is 1.15 bits per heavy atom. The molecule has 2 aromatic carbocycles. The fraction of sp³-hybridized carbons (Fsp3) is 0.345. The molecule has 0 aromatic heterocycles. The highest BCUT2D eigenvalue weighted by Gasteiger charge is 2.48. The van der Waals surface area contributed by atoms with Crippen molar-refractivity contribution in [2.24, 2.45) is 5.92 Å². The van der Waals surface area contributed by atoms with Crippen molar-refractivity contribution in [2.45, 2.75) is 45.1 Å². The van der Waals surface area contributed by atoms with Crippen LogP contribution >= 0.6 is 0 Å². The number of amides is 4. The zero-order chi connectivity index (χ0) is 29.2. The molecule has 212 valence electrons. The average molecular weight is 559 g/mol. The molecule has 0 bridgehead atoms. The van der Waals surface area contributed by atoms with Crippen molar-refractivity contribution in [1.82, 2.24) is 20.4 Å². The molecule has 40 heavy (non-hydrogen) atoms. The molecule has 0 saturated carbocycles. The number of carbonyl (C=O) groups is 3. The fourth-order valence-corrected chi connectivity index (χ4v) is 5.06. The van der Waals surface area contributed by atoms with Gasteiger partial charge in [-0.05, 0) is 41.7 Å². The van der Waals surface area contributed by atoms with E-state index in [-0.39, 0.29) is 48.8 Å². The topological polar surface area (TPSA) is 81.8 Å². The number of alkyl halides is 3. The number of hydrogen-bond donors (Lipinski definition) is 2. The largest absolute Gasteiger partial charge is 0.416 e. The van der Waals surface area contributed by atoms with Crippen molar-refractivity contribution in [3.8, 4) is 0 Å². The van der Waals surface area contributed by atoms with E-state index in [0.29, 0.717) is 5.56 Å². The zero-order valence-corrected chi connectivity index (χ0v) is 22.1. The third kappa shape index (κ3) is 5.88. The molecule has 2 aliphatic rings. The molecule has 0 unspecified atom stereocenters. The van der Waals surface area contributed by atoms with E-state index in [0.717, 1.165) is 6.07 Å². The number of nitrogens with one attached hydrogen (secondary N) is 2. The van der Waals surface area contributed by atoms with E-state index in [9.17, 15) is 31.9 Å². The summed E-state index contributed by atoms with van der Waals surface area (Å²) < 4.78 is 55.0. The molecule has 4 amide bonds. The normalized spacial score (nSPS) is 18.1. The Balaban J connectivity index is 1.70. The SMILES string of the molecule is C=CCN1C(=O)N[C@@H](c2ccccc2C(F)(F)F)C2=C1CN([C@@H](CC(C)C)C(=O)NCc1ccc(F)cc1)C2=O. The van der Waals surface area contributed by atoms with Crippen LogP contribution in [0.3, 0.4) is 0 Å². The molecule has 0 radical (unpaired) electrons. The summed E-state index contributed by atoms with van der Waals surface area (Å²) in [7, 11) is 0. The van der Waals surface area contributed by atoms with Crippen molar-refractivity contribution >= 4 is 17.8 Å². The van der Waals surface area contributed by atoms with Crippen LogP contribution in [0.1, 0.15) is 43.0 Å². The zero-order valence-electron chi connectivity index (χ0n) is 22.1. The maximum absolute atomic E-state index is 13.9. The van der Waals surface area contributed by atoms with E-state index >= 15 is 0 Å². The average Bonchev–Trinajstić information content (AvgIpc) is 3.24. The minimum absolute atomic E-state index is 0.0155. The van der Waals surface area contributed by atoms with Gasteiger partial charge in [0, 0.05) is 13.1 Å². The second kappa shape index (κ2) is 11.5. The van der Waals surface area contributed by atoms with Gasteiger partial charge in [-0.15, -0.1) is 6.58 Å². The monoisotopic (exact) mass is 558 g/mol. The van der Waals surface area contributed by atoms with E-state index in [4.69, 9.17) is 0 Å². The van der Waals surface area contributed by atoms with Crippen LogP contribution in [-0.2, 0) is 22.3 Å². The first-order valence-electron chi connectivity index (χ1n) is 12.8. The molecule has 0 saturated heterocycles. The van der Waals surface area contributed by atoms with E-state index < -0.39 is 47.5 Å². The molecule has 0 fully saturated rings. The molecule has 2 heterocycles. The second-order valence-electron chi connectivity index (χ2n) is 10.1. The highest BCUT2D eigenvalue weighted by molar-refractivity contribution is 6.03. The standard InChI is InChI=1S/C29H30F4N4O3/c1-4-13-36-23-16-37(22(14-17(2)3)26(38)34-15-18-9-11-19(30)12-10-18)27(39)24(23)25(35-28(36)40)20-7-5-6-8-21(20)29(31,32)33/h4-12,17,22,25H,1,13-16H2,2-3H3,(H,34,38)(H,35,40)/t22-,25-/m0/s1. The molecule has 2 aromatic rings. The lowest BCUT2D eigenvalue weighted by Gasteiger charge is -2.33. The highest BCUT2D eigenvalue weighted by atomic mass is 19.4. The lowest BCUT2D eigenvalue weighted by atomic mass is 9.91. The van der Waals surface area contributed by atoms with E-state index in [1.807, 2.05) is 13.8 Å². The quantitative estimate of drug-likeness (QED) is 0.339. The lowest BCUT2D eigenvalue weighted by Crippen LogP contribution is -2.49. The maximum Gasteiger partial charge on any atom is 0.416 e. The fourth-order valence-electron chi connectivity index (χ4n) is 5.06. The number of halogens is 4. The Bertz CT molecular complexity index is 1340. The molecule has 4 rings (SSSR count). The summed E-state index contributed by atoms with van der Waals surface area (Å²) in [6, 6.07) is 7.40. The minimum Gasteiger partial charge on any atom is -0.350 e. The van der Waals surface area contributed by atoms with Crippen molar-refractivity contribution < 1.29 is 31.9 Å². The van der Waals surface area contributed by atoms with Gasteiger partial charge in [0.05, 0.1) is 29.4 Å². The number of benzene rings is 2. The maximum atomic E-state index is 13.9. The predicted molar refractivity (Wildman–Crippen MR) is 140 cm³/mol. The second-order valence-corrected chi connectivity index (χ2v) is 10.1. The summed E-state index contributed by atoms with van der Waals surface area (Å²) >= 11 is 0. The van der Waals surface area contributed by atoms with Crippen LogP contribution in [0.15, 0.2) is 72.5 Å². The van der Waals surface area contributed by atoms with Gasteiger partial charge in [-0.3, -0.25) is 14.5 Å². The van der Waals surface area contributed by atoms with Gasteiger partial charge in [0.1, 0.15) is 11.9 Å². The smallest absolute Gasteiger partial charge is 0.350 e. The Kier molecular flexibility index (Phi) is 8.32. The number of nitrogens with zero attached hydrogens (tertiary/aromatic N) is 2. The molecule has 2 N–H and O–H groups in total. The van der Waals surface area contributed by atoms with E-state index in [1.165, 1.54) is 58.3 Å². The first-order chi connectivity index (χ1) is 18.9. The van der Waals surface area contributed by atoms with Crippen molar-refractivity contribution in [3.05, 3.63) is 95.0 Å². The van der Waals surface area contributed by atoms with Crippen LogP contribution < -0.4 is 10.6 Å². The summed E-state index contributed by atoms with van der Waals surface area (Å²) in [6.07, 6.45) is -3.00. The number of carbonyl (C=O) groups excluding carboxylic acids is 3. The van der Waals surface area contributed by atoms with Gasteiger partial charge in [-0.2, -0.15) is 13.2 Å². The molecular weight excluding hydrogens is 528 g/mol. The third-order valence-electron chi connectivity index (χ3n) is 6.89. The molecule has 0 aliphatic carbocycles. The van der Waals surface area contributed by atoms with Crippen LogP contribution in [0.5, 0.6) is 0 Å². The van der Waals surface area contributed by atoms with Gasteiger partial charge in [0.25, 0.3) is 5.91 Å². The summed E-state index contributed by atoms with van der Waals surface area (Å²) in [6.45, 7) is 7.38. The van der Waals surface area contributed by atoms with Gasteiger partial charge in [-0.25, -0.2) is 9.18 Å². The van der Waals surface area contributed by atoms with Crippen LogP contribution in [0.4, 0.5) is 22.4 Å². The Morgan fingerprint density at radius 3 is 2.45 bits per heavy atom. The van der Waals surface area contributed by atoms with Crippen LogP contribution in [0.25, 0.3) is 0 Å². The molecule has 7 nitrogen and oxygen atoms in total. The Morgan fingerprint density at radius 2 is 1.82 bits per heavy atom. The highest BCUT2D eigenvalue weighted by Crippen LogP contribution is 2.42. The van der Waals surface area contributed by atoms with Gasteiger partial charge >= 0.3 is 12.2 Å². The van der Waals surface area contributed by atoms with Gasteiger partial charge in [-0.1, -0.05) is 50.3 Å². The molecule has 2 aliphatic heterocycles. The third-order valence-corrected chi connectivity index (χ3v) is 6.89. The first-order valence-corrected chi connectivity index (χ1v) is 12.8. The first kappa shape index (κ1) is 28.8. The number of hydrogen-bond acceptors (Lipinski definition) is 3. The van der Waals surface area contributed by atoms with Crippen molar-refractivity contribution in [2.75, 3.05) is 13.1 Å². The molecular formula is C29H30F4N4O3. The number of rotatable bonds is 9. The Hall–Kier alpha value is -4.15. The van der Waals surface area contributed by atoms with Gasteiger partial charge in [0.15, 0.2) is 0 Å². The Labute approximate surface area is 229 Å². The predicted octanol–water partition coefficient (Wildman–Crippen LogP) is 4.92. The van der Waals surface area contributed by atoms with Crippen LogP contribution in [-0.4, -0.2) is 46.8 Å². The van der Waals surface area contributed by atoms with Crippen molar-refractivity contribution in [1.29, 1.82) is 0 Å². The summed E-state index contributed by atoms with van der Waals surface area (Å²) in [4.78, 5) is 43.0. The van der Waals surface area contributed by atoms with Crippen LogP contribution in [0, 0.1) is 11.7 Å². The van der Waals surface area contributed by atoms with E-state index in [1.54, 1.807) is 0 Å². The molecule has 0 spiro atoms. The van der Waals surface area contributed by atoms with Gasteiger partial charge in [0.2, 0.25) is 5.91 Å². The summed E-state index contributed by atoms with van der Waals surface area (Å²) in [5, 5.41) is 5.35. The van der Waals surface area contributed by atoms with Crippen LogP contribution in [0.2, 0.25) is 0 Å². The van der Waals surface area contributed by atoms with E-state index in [2.05, 4.69) is 17.2 Å². The number of urea groups is 1. The lowest BCUT2D eigenvalue weighted by molar-refractivity contribution is -0.139. The summed E-state index contributed by atoms with van der Waals surface area (Å²) in [5.74, 6) is -1.53. The minimum atomic E-state index is -4.72. The molecule has 11 heteroatoms. The molecule has 2 atom stereocenters. The van der Waals surface area contributed by atoms with Gasteiger partial charge < -0.3 is 15.5 Å². The van der Waals surface area contributed by atoms with Crippen molar-refractivity contribution in [3.63, 3.8) is 0 Å². The summed E-state index contributed by atoms with van der Waals surface area (Å²) in [5.41, 5.74) is -0.357.